The van der Waals surface area contributed by atoms with Crippen molar-refractivity contribution in [3.05, 3.63) is 57.8 Å². The molecule has 0 radical (unpaired) electrons. The molecule has 0 saturated carbocycles. The van der Waals surface area contributed by atoms with E-state index < -0.39 is 5.91 Å². The molecule has 0 fully saturated rings. The second-order valence-electron chi connectivity index (χ2n) is 4.02. The molecular weight excluding hydrogens is 272 g/mol. The maximum atomic E-state index is 11.9. The Morgan fingerprint density at radius 2 is 2.10 bits per heavy atom. The highest BCUT2D eigenvalue weighted by atomic mass is 32.1. The largest absolute Gasteiger partial charge is 0.508 e. The number of aromatic hydroxyl groups is 1. The fraction of sp³-hybridized carbons (Fsp3) is 0.0667. The van der Waals surface area contributed by atoms with Crippen LogP contribution in [0.3, 0.4) is 0 Å². The van der Waals surface area contributed by atoms with Crippen LogP contribution < -0.4 is 5.32 Å². The van der Waals surface area contributed by atoms with Crippen LogP contribution in [0.2, 0.25) is 0 Å². The molecule has 0 aliphatic rings. The van der Waals surface area contributed by atoms with E-state index in [4.69, 9.17) is 5.26 Å². The molecule has 1 amide bonds. The molecule has 0 saturated heterocycles. The molecule has 1 aromatic heterocycles. The maximum Gasteiger partial charge on any atom is 0.262 e. The summed E-state index contributed by atoms with van der Waals surface area (Å²) in [5, 5.41) is 22.9. The predicted octanol–water partition coefficient (Wildman–Crippen LogP) is 2.68. The Hall–Kier alpha value is -2.58. The summed E-state index contributed by atoms with van der Waals surface area (Å²) in [6.07, 6.45) is 1.49. The van der Waals surface area contributed by atoms with E-state index in [1.165, 1.54) is 18.2 Å². The number of nitriles is 1. The standard InChI is InChI=1S/C15H12N2O2S/c16-9-12(8-11-3-5-13(18)6-4-11)15(19)17-10-14-2-1-7-20-14/h1-8,18H,10H2,(H,17,19)/b12-8-. The van der Waals surface area contributed by atoms with Crippen molar-refractivity contribution >= 4 is 23.3 Å². The normalized spacial score (nSPS) is 10.8. The number of amides is 1. The summed E-state index contributed by atoms with van der Waals surface area (Å²) in [6.45, 7) is 0.408. The average molecular weight is 284 g/mol. The van der Waals surface area contributed by atoms with Crippen molar-refractivity contribution in [2.24, 2.45) is 0 Å². The van der Waals surface area contributed by atoms with E-state index in [0.717, 1.165) is 4.88 Å². The summed E-state index contributed by atoms with van der Waals surface area (Å²) in [5.74, 6) is -0.267. The van der Waals surface area contributed by atoms with Gasteiger partial charge in [-0.1, -0.05) is 18.2 Å². The predicted molar refractivity (Wildman–Crippen MR) is 77.9 cm³/mol. The van der Waals surface area contributed by atoms with Gasteiger partial charge in [0, 0.05) is 4.88 Å². The Labute approximate surface area is 120 Å². The third-order valence-corrected chi connectivity index (χ3v) is 3.45. The Bertz CT molecular complexity index is 652. The zero-order chi connectivity index (χ0) is 14.4. The van der Waals surface area contributed by atoms with Gasteiger partial charge in [0.2, 0.25) is 0 Å². The van der Waals surface area contributed by atoms with Gasteiger partial charge in [-0.25, -0.2) is 0 Å². The minimum atomic E-state index is -0.408. The van der Waals surface area contributed by atoms with E-state index >= 15 is 0 Å². The summed E-state index contributed by atoms with van der Waals surface area (Å²) >= 11 is 1.54. The molecule has 0 bridgehead atoms. The Morgan fingerprint density at radius 3 is 2.70 bits per heavy atom. The molecule has 0 unspecified atom stereocenters. The van der Waals surface area contributed by atoms with Gasteiger partial charge >= 0.3 is 0 Å². The number of hydrogen-bond donors (Lipinski definition) is 2. The molecular formula is C15H12N2O2S. The van der Waals surface area contributed by atoms with Crippen molar-refractivity contribution in [3.63, 3.8) is 0 Å². The topological polar surface area (TPSA) is 73.1 Å². The number of thiophene rings is 1. The van der Waals surface area contributed by atoms with Gasteiger partial charge in [0.05, 0.1) is 6.54 Å². The molecule has 0 aliphatic heterocycles. The van der Waals surface area contributed by atoms with E-state index in [0.29, 0.717) is 12.1 Å². The molecule has 5 heteroatoms. The third-order valence-electron chi connectivity index (χ3n) is 2.57. The van der Waals surface area contributed by atoms with Crippen LogP contribution >= 0.6 is 11.3 Å². The van der Waals surface area contributed by atoms with Gasteiger partial charge < -0.3 is 10.4 Å². The van der Waals surface area contributed by atoms with Crippen molar-refractivity contribution in [2.45, 2.75) is 6.54 Å². The molecule has 0 spiro atoms. The van der Waals surface area contributed by atoms with Crippen LogP contribution in [0, 0.1) is 11.3 Å². The molecule has 2 N–H and O–H groups in total. The SMILES string of the molecule is N#C/C(=C/c1ccc(O)cc1)C(=O)NCc1cccs1. The lowest BCUT2D eigenvalue weighted by atomic mass is 10.1. The number of carbonyl (C=O) groups is 1. The van der Waals surface area contributed by atoms with Crippen molar-refractivity contribution in [2.75, 3.05) is 0 Å². The van der Waals surface area contributed by atoms with Crippen molar-refractivity contribution in [1.29, 1.82) is 5.26 Å². The zero-order valence-corrected chi connectivity index (χ0v) is 11.4. The molecule has 2 rings (SSSR count). The number of hydrogen-bond acceptors (Lipinski definition) is 4. The number of benzene rings is 1. The summed E-state index contributed by atoms with van der Waals surface area (Å²) < 4.78 is 0. The summed E-state index contributed by atoms with van der Waals surface area (Å²) in [5.41, 5.74) is 0.720. The van der Waals surface area contributed by atoms with Crippen LogP contribution in [0.25, 0.3) is 6.08 Å². The minimum absolute atomic E-state index is 0.0345. The Balaban J connectivity index is 2.05. The van der Waals surface area contributed by atoms with Crippen LogP contribution in [0.4, 0.5) is 0 Å². The first-order chi connectivity index (χ1) is 9.69. The Morgan fingerprint density at radius 1 is 1.35 bits per heavy atom. The highest BCUT2D eigenvalue weighted by Crippen LogP contribution is 2.13. The first kappa shape index (κ1) is 13.8. The number of rotatable bonds is 4. The van der Waals surface area contributed by atoms with Crippen molar-refractivity contribution in [1.82, 2.24) is 5.32 Å². The number of carbonyl (C=O) groups excluding carboxylic acids is 1. The quantitative estimate of drug-likeness (QED) is 0.669. The van der Waals surface area contributed by atoms with Gasteiger partial charge in [-0.05, 0) is 35.2 Å². The second-order valence-corrected chi connectivity index (χ2v) is 5.06. The smallest absolute Gasteiger partial charge is 0.262 e. The van der Waals surface area contributed by atoms with Crippen molar-refractivity contribution < 1.29 is 9.90 Å². The monoisotopic (exact) mass is 284 g/mol. The van der Waals surface area contributed by atoms with Crippen molar-refractivity contribution in [3.8, 4) is 11.8 Å². The number of phenols is 1. The molecule has 1 heterocycles. The molecule has 20 heavy (non-hydrogen) atoms. The van der Waals surface area contributed by atoms with E-state index in [9.17, 15) is 9.90 Å². The van der Waals surface area contributed by atoms with E-state index in [-0.39, 0.29) is 11.3 Å². The van der Waals surface area contributed by atoms with Gasteiger partial charge in [-0.2, -0.15) is 5.26 Å². The molecule has 2 aromatic rings. The molecule has 1 aromatic carbocycles. The van der Waals surface area contributed by atoms with Crippen LogP contribution in [-0.4, -0.2) is 11.0 Å². The molecule has 0 aliphatic carbocycles. The second kappa shape index (κ2) is 6.55. The highest BCUT2D eigenvalue weighted by molar-refractivity contribution is 7.09. The third kappa shape index (κ3) is 3.70. The lowest BCUT2D eigenvalue weighted by molar-refractivity contribution is -0.117. The lowest BCUT2D eigenvalue weighted by Crippen LogP contribution is -2.23. The fourth-order valence-electron chi connectivity index (χ4n) is 1.56. The fourth-order valence-corrected chi connectivity index (χ4v) is 2.21. The lowest BCUT2D eigenvalue weighted by Gasteiger charge is -2.02. The maximum absolute atomic E-state index is 11.9. The summed E-state index contributed by atoms with van der Waals surface area (Å²) in [4.78, 5) is 12.9. The molecule has 0 atom stereocenters. The number of nitrogens with one attached hydrogen (secondary N) is 1. The molecule has 100 valence electrons. The average Bonchev–Trinajstić information content (AvgIpc) is 2.97. The van der Waals surface area contributed by atoms with Gasteiger partial charge in [0.15, 0.2) is 0 Å². The van der Waals surface area contributed by atoms with E-state index in [2.05, 4.69) is 5.32 Å². The summed E-state index contributed by atoms with van der Waals surface area (Å²) in [7, 11) is 0. The first-order valence-corrected chi connectivity index (χ1v) is 6.78. The zero-order valence-electron chi connectivity index (χ0n) is 10.5. The highest BCUT2D eigenvalue weighted by Gasteiger charge is 2.08. The minimum Gasteiger partial charge on any atom is -0.508 e. The number of nitrogens with zero attached hydrogens (tertiary/aromatic N) is 1. The van der Waals surface area contributed by atoms with E-state index in [1.807, 2.05) is 23.6 Å². The molecule has 4 nitrogen and oxygen atoms in total. The van der Waals surface area contributed by atoms with Gasteiger partial charge in [-0.15, -0.1) is 11.3 Å². The summed E-state index contributed by atoms with van der Waals surface area (Å²) in [6, 6.07) is 12.0. The first-order valence-electron chi connectivity index (χ1n) is 5.90. The van der Waals surface area contributed by atoms with Crippen LogP contribution in [0.1, 0.15) is 10.4 Å². The van der Waals surface area contributed by atoms with Crippen LogP contribution in [-0.2, 0) is 11.3 Å². The van der Waals surface area contributed by atoms with Gasteiger partial charge in [-0.3, -0.25) is 4.79 Å². The Kier molecular flexibility index (Phi) is 4.53. The number of phenolic OH excluding ortho intramolecular Hbond substituents is 1. The van der Waals surface area contributed by atoms with Gasteiger partial charge in [0.1, 0.15) is 17.4 Å². The van der Waals surface area contributed by atoms with Crippen LogP contribution in [0.15, 0.2) is 47.4 Å². The van der Waals surface area contributed by atoms with Crippen LogP contribution in [0.5, 0.6) is 5.75 Å². The van der Waals surface area contributed by atoms with Gasteiger partial charge in [0.25, 0.3) is 5.91 Å². The van der Waals surface area contributed by atoms with E-state index in [1.54, 1.807) is 23.5 Å².